The maximum absolute atomic E-state index is 12.8. The highest BCUT2D eigenvalue weighted by Gasteiger charge is 2.60. The van der Waals surface area contributed by atoms with Gasteiger partial charge in [-0.2, -0.15) is 0 Å². The van der Waals surface area contributed by atoms with Gasteiger partial charge < -0.3 is 0 Å². The summed E-state index contributed by atoms with van der Waals surface area (Å²) in [6.07, 6.45) is -1.41. The predicted molar refractivity (Wildman–Crippen MR) is 90.9 cm³/mol. The second-order valence-corrected chi connectivity index (χ2v) is 8.64. The lowest BCUT2D eigenvalue weighted by atomic mass is 9.44. The molecule has 0 aliphatic heterocycles. The Morgan fingerprint density at radius 3 is 2.70 bits per heavy atom. The van der Waals surface area contributed by atoms with E-state index in [9.17, 15) is 9.59 Å². The third kappa shape index (κ3) is 2.12. The molecule has 0 aromatic heterocycles. The Bertz CT molecular complexity index is 823. The van der Waals surface area contributed by atoms with Gasteiger partial charge in [-0.1, -0.05) is 13.8 Å². The number of fused-ring (bicyclic) bond motifs is 5. The Morgan fingerprint density at radius 2 is 1.91 bits per heavy atom. The average Bonchev–Trinajstić information content (AvgIpc) is 2.90. The number of ketones is 2. The van der Waals surface area contributed by atoms with Crippen molar-refractivity contribution in [2.45, 2.75) is 78.4 Å². The molecule has 4 fully saturated rings. The van der Waals surface area contributed by atoms with E-state index in [0.29, 0.717) is 32.1 Å². The molecule has 0 heterocycles. The second-order valence-electron chi connectivity index (χ2n) is 8.64. The lowest BCUT2D eigenvalue weighted by Crippen LogP contribution is -2.53. The molecule has 128 valence electrons. The standard InChI is InChI=1S/C21H32O2/c1-13(22)17-6-7-18-16-5-4-14-12-15(23)8-10-20(14,2)19(16)9-11-21(17,18)3/h14,16-19H,4-12H2,1-3H3/t14-,16?,17+,18?,19?,20?,21?/m0/s1/i1D3,8D2,12D2,17D. The predicted octanol–water partition coefficient (Wildman–Crippen LogP) is 4.80. The van der Waals surface area contributed by atoms with Crippen LogP contribution in [0, 0.1) is 40.4 Å². The van der Waals surface area contributed by atoms with Crippen LogP contribution in [0.15, 0.2) is 0 Å². The Kier molecular flexibility index (Phi) is 2.06. The van der Waals surface area contributed by atoms with Gasteiger partial charge in [-0.25, -0.2) is 0 Å². The van der Waals surface area contributed by atoms with E-state index in [1.807, 2.05) is 13.8 Å². The monoisotopic (exact) mass is 324 g/mol. The van der Waals surface area contributed by atoms with Gasteiger partial charge in [0.15, 0.2) is 0 Å². The van der Waals surface area contributed by atoms with Crippen LogP contribution in [0.1, 0.15) is 89.4 Å². The SMILES string of the molecule is [2H]C([2H])([2H])C(=O)[C@@]1([2H])CCC2C3CC[C@H]4C([2H])([2H])C(=O)C([2H])([2H])CC4(C)C3CCC21C. The maximum Gasteiger partial charge on any atom is 0.133 e. The van der Waals surface area contributed by atoms with Crippen molar-refractivity contribution >= 4 is 11.6 Å². The van der Waals surface area contributed by atoms with E-state index in [1.54, 1.807) is 0 Å². The fraction of sp³-hybridized carbons (Fsp3) is 0.905. The van der Waals surface area contributed by atoms with Gasteiger partial charge in [0.1, 0.15) is 11.6 Å². The van der Waals surface area contributed by atoms with Gasteiger partial charge in [0.2, 0.25) is 0 Å². The van der Waals surface area contributed by atoms with E-state index in [4.69, 9.17) is 11.0 Å². The van der Waals surface area contributed by atoms with E-state index in [2.05, 4.69) is 0 Å². The smallest absolute Gasteiger partial charge is 0.133 e. The van der Waals surface area contributed by atoms with Crippen molar-refractivity contribution in [1.82, 2.24) is 0 Å². The van der Waals surface area contributed by atoms with Gasteiger partial charge in [-0.05, 0) is 86.3 Å². The molecule has 0 saturated heterocycles. The molecule has 2 heteroatoms. The molecule has 4 aliphatic rings. The van der Waals surface area contributed by atoms with Crippen LogP contribution in [0.2, 0.25) is 0 Å². The molecule has 4 saturated carbocycles. The average molecular weight is 325 g/mol. The van der Waals surface area contributed by atoms with Crippen molar-refractivity contribution in [1.29, 1.82) is 0 Å². The summed E-state index contributed by atoms with van der Waals surface area (Å²) < 4.78 is 65.2. The molecular weight excluding hydrogens is 284 g/mol. The first kappa shape index (κ1) is 9.15. The number of hydrogen-bond donors (Lipinski definition) is 0. The van der Waals surface area contributed by atoms with Crippen molar-refractivity contribution in [3.8, 4) is 0 Å². The Balaban J connectivity index is 1.71. The molecule has 4 aliphatic carbocycles. The first-order chi connectivity index (χ1) is 13.9. The van der Waals surface area contributed by atoms with Crippen LogP contribution in [0.4, 0.5) is 0 Å². The molecule has 0 aromatic carbocycles. The summed E-state index contributed by atoms with van der Waals surface area (Å²) in [6, 6.07) is 0. The normalized spacial score (nSPS) is 65.7. The molecule has 0 amide bonds. The summed E-state index contributed by atoms with van der Waals surface area (Å²) >= 11 is 0. The molecule has 0 N–H and O–H groups in total. The summed E-state index contributed by atoms with van der Waals surface area (Å²) in [6.45, 7) is 1.00. The minimum absolute atomic E-state index is 0.00612. The van der Waals surface area contributed by atoms with Gasteiger partial charge in [0.05, 0.1) is 0 Å². The van der Waals surface area contributed by atoms with Gasteiger partial charge in [-0.3, -0.25) is 9.59 Å². The Hall–Kier alpha value is -0.660. The fourth-order valence-corrected chi connectivity index (χ4v) is 6.61. The summed E-state index contributed by atoms with van der Waals surface area (Å²) in [7, 11) is 0. The number of Topliss-reactive ketones (excluding diaryl/α,β-unsaturated/α-hetero) is 2. The molecule has 0 spiro atoms. The second kappa shape index (κ2) is 5.17. The number of hydrogen-bond acceptors (Lipinski definition) is 2. The largest absolute Gasteiger partial charge is 0.300 e. The van der Waals surface area contributed by atoms with E-state index in [1.165, 1.54) is 0 Å². The first-order valence-electron chi connectivity index (χ1n) is 13.0. The van der Waals surface area contributed by atoms with Crippen molar-refractivity contribution in [2.24, 2.45) is 40.4 Å². The van der Waals surface area contributed by atoms with Crippen molar-refractivity contribution in [3.05, 3.63) is 0 Å². The molecule has 4 rings (SSSR count). The van der Waals surface area contributed by atoms with Crippen LogP contribution in [0.5, 0.6) is 0 Å². The van der Waals surface area contributed by atoms with Crippen LogP contribution in [0.3, 0.4) is 0 Å². The maximum atomic E-state index is 12.8. The van der Waals surface area contributed by atoms with E-state index < -0.39 is 53.8 Å². The van der Waals surface area contributed by atoms with E-state index in [0.717, 1.165) is 0 Å². The third-order valence-corrected chi connectivity index (χ3v) is 7.86. The van der Waals surface area contributed by atoms with Crippen molar-refractivity contribution in [3.63, 3.8) is 0 Å². The van der Waals surface area contributed by atoms with Crippen molar-refractivity contribution in [2.75, 3.05) is 0 Å². The van der Waals surface area contributed by atoms with Crippen LogP contribution >= 0.6 is 0 Å². The summed E-state index contributed by atoms with van der Waals surface area (Å²) in [5, 5.41) is 0. The lowest BCUT2D eigenvalue weighted by molar-refractivity contribution is -0.143. The molecule has 7 atom stereocenters. The number of carbonyl (C=O) groups is 2. The lowest BCUT2D eigenvalue weighted by Gasteiger charge is -2.60. The highest BCUT2D eigenvalue weighted by molar-refractivity contribution is 5.80. The van der Waals surface area contributed by atoms with E-state index >= 15 is 0 Å². The topological polar surface area (TPSA) is 34.1 Å². The van der Waals surface area contributed by atoms with Gasteiger partial charge in [-0.15, -0.1) is 0 Å². The summed E-state index contributed by atoms with van der Waals surface area (Å²) in [5.41, 5.74) is -1.45. The molecule has 0 radical (unpaired) electrons. The zero-order valence-corrected chi connectivity index (χ0v) is 14.1. The van der Waals surface area contributed by atoms with Crippen LogP contribution in [-0.2, 0) is 9.59 Å². The Labute approximate surface area is 152 Å². The fourth-order valence-electron chi connectivity index (χ4n) is 6.61. The number of rotatable bonds is 1. The van der Waals surface area contributed by atoms with Crippen molar-refractivity contribution < 1.29 is 20.6 Å². The van der Waals surface area contributed by atoms with Gasteiger partial charge in [0.25, 0.3) is 0 Å². The molecule has 2 nitrogen and oxygen atoms in total. The van der Waals surface area contributed by atoms with Crippen LogP contribution in [-0.4, -0.2) is 11.6 Å². The third-order valence-electron chi connectivity index (χ3n) is 7.86. The quantitative estimate of drug-likeness (QED) is 0.694. The summed E-state index contributed by atoms with van der Waals surface area (Å²) in [5.74, 6) is -4.08. The van der Waals surface area contributed by atoms with Gasteiger partial charge in [0, 0.05) is 29.6 Å². The minimum Gasteiger partial charge on any atom is -0.300 e. The molecular formula is C21H32O2. The first-order valence-corrected chi connectivity index (χ1v) is 9.03. The van der Waals surface area contributed by atoms with Crippen LogP contribution in [0.25, 0.3) is 0 Å². The Morgan fingerprint density at radius 1 is 1.13 bits per heavy atom. The molecule has 5 unspecified atom stereocenters. The van der Waals surface area contributed by atoms with Crippen LogP contribution < -0.4 is 0 Å². The summed E-state index contributed by atoms with van der Waals surface area (Å²) in [4.78, 5) is 25.4. The highest BCUT2D eigenvalue weighted by atomic mass is 16.1. The number of carbonyl (C=O) groups excluding carboxylic acids is 2. The molecule has 0 aromatic rings. The molecule has 0 bridgehead atoms. The van der Waals surface area contributed by atoms with E-state index in [-0.39, 0.29) is 30.6 Å². The molecule has 23 heavy (non-hydrogen) atoms. The minimum atomic E-state index is -2.81. The zero-order valence-electron chi connectivity index (χ0n) is 22.1. The highest BCUT2D eigenvalue weighted by Crippen LogP contribution is 2.67. The van der Waals surface area contributed by atoms with Gasteiger partial charge >= 0.3 is 0 Å². The zero-order chi connectivity index (χ0) is 23.4.